The smallest absolute Gasteiger partial charge is 0.416 e. The molecule has 0 fully saturated rings. The van der Waals surface area contributed by atoms with Gasteiger partial charge >= 0.3 is 12.1 Å². The Balaban J connectivity index is 2.32. The van der Waals surface area contributed by atoms with E-state index in [1.165, 1.54) is 0 Å². The summed E-state index contributed by atoms with van der Waals surface area (Å²) in [4.78, 5) is 34.8. The molecule has 0 aromatic heterocycles. The average Bonchev–Trinajstić information content (AvgIpc) is 2.67. The van der Waals surface area contributed by atoms with Crippen LogP contribution in [0.15, 0.2) is 36.4 Å². The largest absolute Gasteiger partial charge is 0.456 e. The summed E-state index contributed by atoms with van der Waals surface area (Å²) in [5, 5.41) is 10.9. The van der Waals surface area contributed by atoms with Crippen molar-refractivity contribution in [3.8, 4) is 11.5 Å². The van der Waals surface area contributed by atoms with Gasteiger partial charge in [-0.15, -0.1) is 0 Å². The summed E-state index contributed by atoms with van der Waals surface area (Å²) in [7, 11) is -2.95. The summed E-state index contributed by atoms with van der Waals surface area (Å²) in [6.45, 7) is 1.15. The number of ether oxygens (including phenoxy) is 2. The number of alkyl halides is 3. The van der Waals surface area contributed by atoms with Crippen LogP contribution in [0.4, 0.5) is 18.9 Å². The third-order valence-electron chi connectivity index (χ3n) is 3.84. The molecular formula is C19H16ClF3N2O7S. The Hall–Kier alpha value is -3.32. The second-order valence-electron chi connectivity index (χ2n) is 6.70. The summed E-state index contributed by atoms with van der Waals surface area (Å²) in [6.07, 6.45) is -4.97. The minimum atomic E-state index is -4.63. The first kappa shape index (κ1) is 25.9. The highest BCUT2D eigenvalue weighted by Gasteiger charge is 2.31. The predicted octanol–water partition coefficient (Wildman–Crippen LogP) is 3.98. The van der Waals surface area contributed by atoms with Gasteiger partial charge in [-0.1, -0.05) is 11.6 Å². The summed E-state index contributed by atoms with van der Waals surface area (Å²) < 4.78 is 62.2. The summed E-state index contributed by atoms with van der Waals surface area (Å²) >= 11 is 5.83. The van der Waals surface area contributed by atoms with Crippen molar-refractivity contribution in [1.29, 1.82) is 0 Å². The molecule has 0 aliphatic rings. The highest BCUT2D eigenvalue weighted by atomic mass is 35.5. The molecule has 14 heteroatoms. The molecule has 1 amide bonds. The molecule has 1 N–H and O–H groups in total. The van der Waals surface area contributed by atoms with Crippen LogP contribution in [0.5, 0.6) is 11.5 Å². The van der Waals surface area contributed by atoms with E-state index in [9.17, 15) is 37.1 Å². The molecule has 0 saturated heterocycles. The Morgan fingerprint density at radius 3 is 2.39 bits per heavy atom. The van der Waals surface area contributed by atoms with Gasteiger partial charge in [0, 0.05) is 28.1 Å². The van der Waals surface area contributed by atoms with Crippen molar-refractivity contribution in [2.24, 2.45) is 0 Å². The van der Waals surface area contributed by atoms with Crippen LogP contribution in [-0.2, 0) is 25.4 Å². The normalized spacial score (nSPS) is 14.0. The summed E-state index contributed by atoms with van der Waals surface area (Å²) in [6, 6.07) is 5.20. The first-order valence-corrected chi connectivity index (χ1v) is 11.3. The van der Waals surface area contributed by atoms with E-state index in [0.717, 1.165) is 43.5 Å². The van der Waals surface area contributed by atoms with Crippen LogP contribution in [0, 0.1) is 10.1 Å². The lowest BCUT2D eigenvalue weighted by atomic mass is 10.1. The third-order valence-corrected chi connectivity index (χ3v) is 4.77. The number of nitrogens with zero attached hydrogens (tertiary/aromatic N) is 1. The monoisotopic (exact) mass is 508 g/mol. The minimum absolute atomic E-state index is 0.180. The number of carbonyl (C=O) groups excluding carboxylic acids is 2. The van der Waals surface area contributed by atoms with Crippen molar-refractivity contribution in [1.82, 2.24) is 4.72 Å². The van der Waals surface area contributed by atoms with Gasteiger partial charge in [-0.2, -0.15) is 13.2 Å². The number of nitro groups is 1. The van der Waals surface area contributed by atoms with Gasteiger partial charge in [0.1, 0.15) is 17.1 Å². The highest BCUT2D eigenvalue weighted by Crippen LogP contribution is 2.37. The molecule has 2 aromatic rings. The van der Waals surface area contributed by atoms with E-state index in [2.05, 4.69) is 5.87 Å². The van der Waals surface area contributed by atoms with E-state index in [1.54, 1.807) is 0 Å². The lowest BCUT2D eigenvalue weighted by Gasteiger charge is -2.15. The maximum Gasteiger partial charge on any atom is 0.416 e. The average molecular weight is 509 g/mol. The van der Waals surface area contributed by atoms with E-state index >= 15 is 0 Å². The number of nitro benzene ring substituents is 1. The third kappa shape index (κ3) is 7.08. The molecule has 33 heavy (non-hydrogen) atoms. The Labute approximate surface area is 190 Å². The zero-order chi connectivity index (χ0) is 25.1. The van der Waals surface area contributed by atoms with Gasteiger partial charge in [0.2, 0.25) is 0 Å². The lowest BCUT2D eigenvalue weighted by molar-refractivity contribution is -0.385. The van der Waals surface area contributed by atoms with Crippen LogP contribution in [-0.4, -0.2) is 39.2 Å². The Bertz CT molecular complexity index is 1220. The van der Waals surface area contributed by atoms with Gasteiger partial charge in [-0.3, -0.25) is 19.6 Å². The molecule has 2 aromatic carbocycles. The second kappa shape index (κ2) is 9.67. The molecule has 0 spiro atoms. The van der Waals surface area contributed by atoms with Crippen LogP contribution in [0.3, 0.4) is 0 Å². The molecule has 2 atom stereocenters. The number of esters is 1. The van der Waals surface area contributed by atoms with Crippen molar-refractivity contribution in [2.45, 2.75) is 19.2 Å². The number of rotatable bonds is 7. The molecule has 178 valence electrons. The number of hydrogen-bond donors (Lipinski definition) is 1. The Morgan fingerprint density at radius 1 is 1.24 bits per heavy atom. The number of hydrogen-bond acceptors (Lipinski definition) is 7. The number of nitrogens with one attached hydrogen (secondary N) is 1. The number of carbonyl (C=O) groups is 2. The van der Waals surface area contributed by atoms with Crippen molar-refractivity contribution in [3.63, 3.8) is 0 Å². The van der Waals surface area contributed by atoms with Crippen molar-refractivity contribution in [2.75, 3.05) is 6.26 Å². The highest BCUT2D eigenvalue weighted by molar-refractivity contribution is 7.98. The zero-order valence-corrected chi connectivity index (χ0v) is 18.5. The second-order valence-corrected chi connectivity index (χ2v) is 9.32. The van der Waals surface area contributed by atoms with Gasteiger partial charge in [0.25, 0.3) is 11.6 Å². The van der Waals surface area contributed by atoms with Crippen LogP contribution < -0.4 is 9.46 Å². The summed E-state index contributed by atoms with van der Waals surface area (Å²) in [5.74, 6) is 0.607. The van der Waals surface area contributed by atoms with Crippen molar-refractivity contribution >= 4 is 44.7 Å². The van der Waals surface area contributed by atoms with E-state index in [4.69, 9.17) is 21.1 Å². The van der Waals surface area contributed by atoms with E-state index in [-0.39, 0.29) is 11.5 Å². The molecule has 0 bridgehead atoms. The van der Waals surface area contributed by atoms with Crippen LogP contribution in [0.2, 0.25) is 5.02 Å². The summed E-state index contributed by atoms with van der Waals surface area (Å²) in [5.41, 5.74) is -2.31. The van der Waals surface area contributed by atoms with Crippen LogP contribution >= 0.6 is 11.6 Å². The Kier molecular flexibility index (Phi) is 7.60. The quantitative estimate of drug-likeness (QED) is 0.259. The number of amides is 1. The fourth-order valence-corrected chi connectivity index (χ4v) is 3.17. The topological polar surface area (TPSA) is 125 Å². The molecule has 0 saturated carbocycles. The van der Waals surface area contributed by atoms with Gasteiger partial charge in [-0.05, 0) is 37.1 Å². The molecular weight excluding hydrogens is 493 g/mol. The van der Waals surface area contributed by atoms with Crippen LogP contribution in [0.1, 0.15) is 22.8 Å². The van der Waals surface area contributed by atoms with E-state index in [0.29, 0.717) is 6.07 Å². The van der Waals surface area contributed by atoms with Crippen LogP contribution in [0.25, 0.3) is 0 Å². The molecule has 2 rings (SSSR count). The molecule has 0 aliphatic carbocycles. The van der Waals surface area contributed by atoms with E-state index < -0.39 is 60.6 Å². The fraction of sp³-hybridized carbons (Fsp3) is 0.211. The Morgan fingerprint density at radius 2 is 1.88 bits per heavy atom. The van der Waals surface area contributed by atoms with Gasteiger partial charge in [-0.25, -0.2) is 9.00 Å². The van der Waals surface area contributed by atoms with Crippen molar-refractivity contribution < 1.29 is 41.4 Å². The maximum absolute atomic E-state index is 12.8. The first-order valence-electron chi connectivity index (χ1n) is 8.76. The SMILES string of the molecule is C=S(C)(=O)NC(=O)C(C)OC(=O)c1cc(Oc2ccc(C(F)(F)F)cc2Cl)ccc1[N+](=O)[O-]. The minimum Gasteiger partial charge on any atom is -0.456 e. The van der Waals surface area contributed by atoms with Gasteiger partial charge in [0.15, 0.2) is 6.10 Å². The maximum atomic E-state index is 12.8. The fourth-order valence-electron chi connectivity index (χ4n) is 2.36. The standard InChI is InChI=1S/C19H16ClF3N2O7S/c1-10(17(26)24-33(2,3)30)31-18(27)13-9-12(5-6-15(13)25(28)29)32-16-7-4-11(8-14(16)20)19(21,22)23/h4-10H,2H2,1,3H3,(H,24,26,30). The predicted molar refractivity (Wildman–Crippen MR) is 114 cm³/mol. The zero-order valence-electron chi connectivity index (χ0n) is 17.0. The van der Waals surface area contributed by atoms with Gasteiger partial charge in [0.05, 0.1) is 15.5 Å². The molecule has 0 heterocycles. The molecule has 9 nitrogen and oxygen atoms in total. The molecule has 2 unspecified atom stereocenters. The van der Waals surface area contributed by atoms with Gasteiger partial charge < -0.3 is 9.47 Å². The lowest BCUT2D eigenvalue weighted by Crippen LogP contribution is -2.38. The molecule has 0 radical (unpaired) electrons. The van der Waals surface area contributed by atoms with E-state index in [1.807, 2.05) is 4.72 Å². The first-order chi connectivity index (χ1) is 15.1. The molecule has 0 aliphatic heterocycles. The number of halogens is 4. The number of benzene rings is 2. The van der Waals surface area contributed by atoms with Crippen molar-refractivity contribution in [3.05, 3.63) is 62.7 Å².